The summed E-state index contributed by atoms with van der Waals surface area (Å²) in [6, 6.07) is -0.436. The van der Waals surface area contributed by atoms with Gasteiger partial charge in [0.05, 0.1) is 6.04 Å². The Morgan fingerprint density at radius 1 is 1.09 bits per heavy atom. The second-order valence-corrected chi connectivity index (χ2v) is 8.39. The summed E-state index contributed by atoms with van der Waals surface area (Å²) < 4.78 is 0. The third-order valence-electron chi connectivity index (χ3n) is 5.62. The van der Waals surface area contributed by atoms with E-state index in [1.54, 1.807) is 0 Å². The van der Waals surface area contributed by atoms with Crippen molar-refractivity contribution in [3.8, 4) is 0 Å². The van der Waals surface area contributed by atoms with Gasteiger partial charge in [0.2, 0.25) is 5.91 Å². The summed E-state index contributed by atoms with van der Waals surface area (Å²) in [6.45, 7) is 9.24. The zero-order valence-electron chi connectivity index (χ0n) is 14.8. The molecule has 4 heteroatoms. The minimum Gasteiger partial charge on any atom is -0.353 e. The molecule has 0 spiro atoms. The topological polar surface area (TPSA) is 58.4 Å². The lowest BCUT2D eigenvalue weighted by molar-refractivity contribution is -0.125. The molecule has 1 atom stereocenters. The van der Waals surface area contributed by atoms with Gasteiger partial charge in [0.15, 0.2) is 0 Å². The fourth-order valence-electron chi connectivity index (χ4n) is 3.94. The molecule has 0 aromatic heterocycles. The van der Waals surface area contributed by atoms with Gasteiger partial charge in [-0.25, -0.2) is 0 Å². The molecule has 22 heavy (non-hydrogen) atoms. The number of carbonyl (C=O) groups excluding carboxylic acids is 1. The number of nitrogens with two attached hydrogens (primary N) is 1. The van der Waals surface area contributed by atoms with Crippen molar-refractivity contribution < 1.29 is 4.79 Å². The average molecular weight is 309 g/mol. The van der Waals surface area contributed by atoms with Crippen LogP contribution in [0.1, 0.15) is 72.1 Å². The average Bonchev–Trinajstić information content (AvgIpc) is 2.53. The van der Waals surface area contributed by atoms with Gasteiger partial charge in [0.25, 0.3) is 0 Å². The molecule has 1 saturated carbocycles. The minimum atomic E-state index is -0.436. The summed E-state index contributed by atoms with van der Waals surface area (Å²) in [5, 5.41) is 3.19. The fourth-order valence-corrected chi connectivity index (χ4v) is 3.94. The Balaban J connectivity index is 1.99. The molecule has 2 aliphatic rings. The number of hydrogen-bond acceptors (Lipinski definition) is 3. The highest BCUT2D eigenvalue weighted by molar-refractivity contribution is 5.82. The zero-order valence-corrected chi connectivity index (χ0v) is 14.8. The van der Waals surface area contributed by atoms with E-state index in [4.69, 9.17) is 5.73 Å². The van der Waals surface area contributed by atoms with Crippen LogP contribution in [0.15, 0.2) is 0 Å². The Kier molecular flexibility index (Phi) is 5.89. The molecule has 4 nitrogen and oxygen atoms in total. The maximum Gasteiger partial charge on any atom is 0.237 e. The summed E-state index contributed by atoms with van der Waals surface area (Å²) in [5.74, 6) is 0.00876. The van der Waals surface area contributed by atoms with Gasteiger partial charge >= 0.3 is 0 Å². The normalized spacial score (nSPS) is 24.7. The zero-order chi connectivity index (χ0) is 16.2. The smallest absolute Gasteiger partial charge is 0.237 e. The van der Waals surface area contributed by atoms with Crippen LogP contribution >= 0.6 is 0 Å². The van der Waals surface area contributed by atoms with Crippen molar-refractivity contribution in [3.05, 3.63) is 0 Å². The summed E-state index contributed by atoms with van der Waals surface area (Å²) in [5.41, 5.74) is 6.11. The predicted molar refractivity (Wildman–Crippen MR) is 91.7 cm³/mol. The van der Waals surface area contributed by atoms with E-state index in [0.29, 0.717) is 0 Å². The van der Waals surface area contributed by atoms with Gasteiger partial charge in [0.1, 0.15) is 0 Å². The number of hydrogen-bond donors (Lipinski definition) is 2. The first-order valence-electron chi connectivity index (χ1n) is 9.14. The van der Waals surface area contributed by atoms with E-state index in [-0.39, 0.29) is 16.9 Å². The third-order valence-corrected chi connectivity index (χ3v) is 5.62. The number of carbonyl (C=O) groups is 1. The Morgan fingerprint density at radius 2 is 1.64 bits per heavy atom. The van der Waals surface area contributed by atoms with Gasteiger partial charge in [-0.3, -0.25) is 9.69 Å². The molecule has 3 N–H and O–H groups in total. The van der Waals surface area contributed by atoms with Crippen LogP contribution < -0.4 is 11.1 Å². The lowest BCUT2D eigenvalue weighted by Crippen LogP contribution is -2.60. The van der Waals surface area contributed by atoms with Gasteiger partial charge < -0.3 is 11.1 Å². The first-order valence-corrected chi connectivity index (χ1v) is 9.14. The van der Waals surface area contributed by atoms with Crippen molar-refractivity contribution in [2.24, 2.45) is 11.1 Å². The molecule has 0 radical (unpaired) electrons. The van der Waals surface area contributed by atoms with Crippen molar-refractivity contribution in [1.82, 2.24) is 10.2 Å². The number of likely N-dealkylation sites (tertiary alicyclic amines) is 1. The Labute approximate surface area is 136 Å². The first kappa shape index (κ1) is 17.7. The van der Waals surface area contributed by atoms with Gasteiger partial charge in [0, 0.05) is 12.1 Å². The third kappa shape index (κ3) is 4.23. The van der Waals surface area contributed by atoms with E-state index in [1.165, 1.54) is 64.5 Å². The van der Waals surface area contributed by atoms with Crippen molar-refractivity contribution >= 4 is 5.91 Å². The van der Waals surface area contributed by atoms with Gasteiger partial charge in [-0.15, -0.1) is 0 Å². The maximum atomic E-state index is 12.4. The van der Waals surface area contributed by atoms with Crippen molar-refractivity contribution in [3.63, 3.8) is 0 Å². The van der Waals surface area contributed by atoms with E-state index in [2.05, 4.69) is 10.2 Å². The number of nitrogens with zero attached hydrogens (tertiary/aromatic N) is 1. The highest BCUT2D eigenvalue weighted by atomic mass is 16.2. The molecule has 0 aromatic rings. The fraction of sp³-hybridized carbons (Fsp3) is 0.944. The molecule has 1 saturated heterocycles. The molecule has 1 aliphatic carbocycles. The lowest BCUT2D eigenvalue weighted by atomic mass is 9.79. The standard InChI is InChI=1S/C18H35N3O/c1-17(2,3)15(19)16(22)20-14-18(10-6-4-7-11-18)21-12-8-5-9-13-21/h15H,4-14,19H2,1-3H3,(H,20,22)/t15-/m1/s1. The van der Waals surface area contributed by atoms with Crippen LogP contribution in [0.5, 0.6) is 0 Å². The maximum absolute atomic E-state index is 12.4. The lowest BCUT2D eigenvalue weighted by Gasteiger charge is -2.48. The van der Waals surface area contributed by atoms with Crippen LogP contribution in [0, 0.1) is 5.41 Å². The van der Waals surface area contributed by atoms with Crippen LogP contribution in [0.2, 0.25) is 0 Å². The van der Waals surface area contributed by atoms with Crippen molar-refractivity contribution in [2.45, 2.75) is 83.7 Å². The molecule has 0 unspecified atom stereocenters. The minimum absolute atomic E-state index is 0.00876. The number of nitrogens with one attached hydrogen (secondary N) is 1. The quantitative estimate of drug-likeness (QED) is 0.839. The number of rotatable bonds is 4. The highest BCUT2D eigenvalue weighted by Gasteiger charge is 2.39. The Bertz CT molecular complexity index is 363. The molecular formula is C18H35N3O. The largest absolute Gasteiger partial charge is 0.353 e. The van der Waals surface area contributed by atoms with E-state index >= 15 is 0 Å². The monoisotopic (exact) mass is 309 g/mol. The van der Waals surface area contributed by atoms with E-state index in [9.17, 15) is 4.79 Å². The van der Waals surface area contributed by atoms with E-state index < -0.39 is 6.04 Å². The second-order valence-electron chi connectivity index (χ2n) is 8.39. The van der Waals surface area contributed by atoms with E-state index in [0.717, 1.165) is 6.54 Å². The molecule has 128 valence electrons. The van der Waals surface area contributed by atoms with Crippen LogP contribution in [0.3, 0.4) is 0 Å². The van der Waals surface area contributed by atoms with Crippen LogP contribution in [-0.4, -0.2) is 42.0 Å². The second kappa shape index (κ2) is 7.31. The van der Waals surface area contributed by atoms with Crippen LogP contribution in [-0.2, 0) is 4.79 Å². The summed E-state index contributed by atoms with van der Waals surface area (Å²) in [7, 11) is 0. The van der Waals surface area contributed by atoms with Crippen molar-refractivity contribution in [1.29, 1.82) is 0 Å². The summed E-state index contributed by atoms with van der Waals surface area (Å²) >= 11 is 0. The predicted octanol–water partition coefficient (Wildman–Crippen LogP) is 2.66. The van der Waals surface area contributed by atoms with E-state index in [1.807, 2.05) is 20.8 Å². The Hall–Kier alpha value is -0.610. The summed E-state index contributed by atoms with van der Waals surface area (Å²) in [6.07, 6.45) is 10.3. The van der Waals surface area contributed by atoms with Gasteiger partial charge in [-0.2, -0.15) is 0 Å². The molecule has 2 rings (SSSR count). The van der Waals surface area contributed by atoms with Crippen LogP contribution in [0.4, 0.5) is 0 Å². The summed E-state index contributed by atoms with van der Waals surface area (Å²) in [4.78, 5) is 15.1. The SMILES string of the molecule is CC(C)(C)[C@H](N)C(=O)NCC1(N2CCCCC2)CCCCC1. The molecule has 1 aliphatic heterocycles. The van der Waals surface area contributed by atoms with Crippen molar-refractivity contribution in [2.75, 3.05) is 19.6 Å². The highest BCUT2D eigenvalue weighted by Crippen LogP contribution is 2.35. The molecule has 2 fully saturated rings. The van der Waals surface area contributed by atoms with Gasteiger partial charge in [-0.1, -0.05) is 46.5 Å². The number of amides is 1. The molecule has 0 bridgehead atoms. The number of piperidine rings is 1. The first-order chi connectivity index (χ1) is 10.4. The molecule has 0 aromatic carbocycles. The van der Waals surface area contributed by atoms with Gasteiger partial charge in [-0.05, 0) is 44.2 Å². The Morgan fingerprint density at radius 3 is 2.18 bits per heavy atom. The molecular weight excluding hydrogens is 274 g/mol. The molecule has 1 heterocycles. The molecule has 1 amide bonds. The van der Waals surface area contributed by atoms with Crippen LogP contribution in [0.25, 0.3) is 0 Å².